The van der Waals surface area contributed by atoms with E-state index in [1.165, 1.54) is 53.9 Å². The molecule has 0 aliphatic rings. The molecule has 1 heteroatoms. The zero-order chi connectivity index (χ0) is 16.1. The Morgan fingerprint density at radius 1 is 0.400 bits per heavy atom. The second-order valence-corrected chi connectivity index (χ2v) is 6.93. The summed E-state index contributed by atoms with van der Waals surface area (Å²) in [5.74, 6) is 0. The molecule has 0 amide bonds. The summed E-state index contributed by atoms with van der Waals surface area (Å²) in [4.78, 5) is 0. The molecule has 1 heterocycles. The summed E-state index contributed by atoms with van der Waals surface area (Å²) in [6.07, 6.45) is 0. The third-order valence-electron chi connectivity index (χ3n) is 5.75. The third-order valence-corrected chi connectivity index (χ3v) is 5.75. The maximum atomic E-state index is 6.51. The van der Waals surface area contributed by atoms with Crippen molar-refractivity contribution in [2.75, 3.05) is 0 Å². The van der Waals surface area contributed by atoms with Gasteiger partial charge in [0.25, 0.3) is 0 Å². The Morgan fingerprint density at radius 2 is 0.800 bits per heavy atom. The Kier molecular flexibility index (Phi) is 1.86. The lowest BCUT2D eigenvalue weighted by atomic mass is 10.1. The summed E-state index contributed by atoms with van der Waals surface area (Å²) in [6, 6.07) is 26.1. The van der Waals surface area contributed by atoms with E-state index in [4.69, 9.17) is 4.42 Å². The van der Waals surface area contributed by atoms with Crippen LogP contribution in [0.2, 0.25) is 0 Å². The Hall–Kier alpha value is -3.32. The summed E-state index contributed by atoms with van der Waals surface area (Å²) in [7, 11) is 0. The number of hydrogen-bond acceptors (Lipinski definition) is 1. The number of hydrogen-bond donors (Lipinski definition) is 0. The van der Waals surface area contributed by atoms with E-state index in [0.29, 0.717) is 0 Å². The molecule has 0 saturated carbocycles. The maximum absolute atomic E-state index is 6.51. The first-order valence-corrected chi connectivity index (χ1v) is 8.63. The SMILES string of the molecule is c1cc2cccc3c2c(c1)c1oc2c4cccc5cccc(c54)c2c31. The van der Waals surface area contributed by atoms with Crippen molar-refractivity contribution in [3.05, 3.63) is 72.8 Å². The van der Waals surface area contributed by atoms with Gasteiger partial charge in [-0.25, -0.2) is 0 Å². The van der Waals surface area contributed by atoms with Gasteiger partial charge in [0.05, 0.1) is 0 Å². The Balaban J connectivity index is 1.93. The van der Waals surface area contributed by atoms with Gasteiger partial charge < -0.3 is 4.42 Å². The fraction of sp³-hybridized carbons (Fsp3) is 0. The molecule has 0 fully saturated rings. The molecule has 1 aromatic heterocycles. The van der Waals surface area contributed by atoms with Gasteiger partial charge in [-0.15, -0.1) is 0 Å². The Morgan fingerprint density at radius 3 is 1.24 bits per heavy atom. The number of furan rings is 1. The highest BCUT2D eigenvalue weighted by atomic mass is 16.3. The van der Waals surface area contributed by atoms with Gasteiger partial charge in [0.2, 0.25) is 0 Å². The first kappa shape index (κ1) is 12.1. The van der Waals surface area contributed by atoms with Crippen molar-refractivity contribution < 1.29 is 4.42 Å². The second-order valence-electron chi connectivity index (χ2n) is 6.93. The predicted octanol–water partition coefficient (Wildman–Crippen LogP) is 7.07. The van der Waals surface area contributed by atoms with Gasteiger partial charge in [-0.05, 0) is 21.5 Å². The van der Waals surface area contributed by atoms with Crippen LogP contribution >= 0.6 is 0 Å². The van der Waals surface area contributed by atoms with Crippen LogP contribution in [0.3, 0.4) is 0 Å². The molecular formula is C24H12O. The molecule has 0 unspecified atom stereocenters. The van der Waals surface area contributed by atoms with Crippen LogP contribution < -0.4 is 0 Å². The van der Waals surface area contributed by atoms with E-state index in [1.807, 2.05) is 0 Å². The Bertz CT molecular complexity index is 1450. The van der Waals surface area contributed by atoms with Crippen LogP contribution in [0.25, 0.3) is 65.0 Å². The summed E-state index contributed by atoms with van der Waals surface area (Å²) < 4.78 is 6.51. The first-order valence-electron chi connectivity index (χ1n) is 8.63. The van der Waals surface area contributed by atoms with E-state index in [-0.39, 0.29) is 0 Å². The average molecular weight is 316 g/mol. The van der Waals surface area contributed by atoms with Crippen molar-refractivity contribution >= 4 is 65.0 Å². The van der Waals surface area contributed by atoms with E-state index in [0.717, 1.165) is 11.2 Å². The van der Waals surface area contributed by atoms with Crippen LogP contribution in [-0.2, 0) is 0 Å². The fourth-order valence-corrected chi connectivity index (χ4v) is 4.80. The minimum Gasteiger partial charge on any atom is -0.455 e. The van der Waals surface area contributed by atoms with Gasteiger partial charge in [0, 0.05) is 32.3 Å². The van der Waals surface area contributed by atoms with Crippen LogP contribution in [0.5, 0.6) is 0 Å². The van der Waals surface area contributed by atoms with Crippen molar-refractivity contribution in [2.45, 2.75) is 0 Å². The standard InChI is InChI=1S/C24H12O/c1-5-13-7-3-11-17-19(13)15(9-1)21-22-16-10-2-6-14-8-4-12-18(20(14)16)24(22)25-23(17)21/h1-12H. The number of fused-ring (bicyclic) bond motifs is 7. The van der Waals surface area contributed by atoms with E-state index in [1.54, 1.807) is 0 Å². The summed E-state index contributed by atoms with van der Waals surface area (Å²) in [6.45, 7) is 0. The topological polar surface area (TPSA) is 13.1 Å². The molecule has 25 heavy (non-hydrogen) atoms. The first-order chi connectivity index (χ1) is 12.4. The highest BCUT2D eigenvalue weighted by Gasteiger charge is 2.22. The van der Waals surface area contributed by atoms with Gasteiger partial charge in [-0.3, -0.25) is 0 Å². The van der Waals surface area contributed by atoms with E-state index in [2.05, 4.69) is 72.8 Å². The van der Waals surface area contributed by atoms with Crippen LogP contribution in [0.15, 0.2) is 77.2 Å². The zero-order valence-electron chi connectivity index (χ0n) is 13.3. The smallest absolute Gasteiger partial charge is 0.143 e. The highest BCUT2D eigenvalue weighted by molar-refractivity contribution is 6.42. The average Bonchev–Trinajstić information content (AvgIpc) is 3.28. The van der Waals surface area contributed by atoms with Crippen molar-refractivity contribution in [1.82, 2.24) is 0 Å². The normalized spacial score (nSPS) is 12.8. The minimum atomic E-state index is 1.03. The monoisotopic (exact) mass is 316 g/mol. The van der Waals surface area contributed by atoms with Gasteiger partial charge in [-0.2, -0.15) is 0 Å². The summed E-state index contributed by atoms with van der Waals surface area (Å²) in [5.41, 5.74) is 2.06. The van der Waals surface area contributed by atoms with Crippen LogP contribution in [0.4, 0.5) is 0 Å². The lowest BCUT2D eigenvalue weighted by Crippen LogP contribution is -1.71. The molecule has 0 radical (unpaired) electrons. The largest absolute Gasteiger partial charge is 0.455 e. The summed E-state index contributed by atoms with van der Waals surface area (Å²) in [5, 5.41) is 12.8. The van der Waals surface area contributed by atoms with Gasteiger partial charge >= 0.3 is 0 Å². The molecule has 0 atom stereocenters. The van der Waals surface area contributed by atoms with Crippen molar-refractivity contribution in [3.8, 4) is 0 Å². The van der Waals surface area contributed by atoms with Crippen LogP contribution in [-0.4, -0.2) is 0 Å². The van der Waals surface area contributed by atoms with Gasteiger partial charge in [-0.1, -0.05) is 72.8 Å². The molecule has 114 valence electrons. The molecule has 0 bridgehead atoms. The molecule has 0 N–H and O–H groups in total. The molecule has 0 aliphatic carbocycles. The molecule has 1 nitrogen and oxygen atoms in total. The van der Waals surface area contributed by atoms with Crippen LogP contribution in [0, 0.1) is 0 Å². The second kappa shape index (κ2) is 3.84. The molecule has 0 saturated heterocycles. The third kappa shape index (κ3) is 1.23. The lowest BCUT2D eigenvalue weighted by Gasteiger charge is -1.98. The van der Waals surface area contributed by atoms with E-state index in [9.17, 15) is 0 Å². The minimum absolute atomic E-state index is 1.03. The Labute approximate surface area is 142 Å². The molecule has 7 rings (SSSR count). The molecular weight excluding hydrogens is 304 g/mol. The lowest BCUT2D eigenvalue weighted by molar-refractivity contribution is 0.677. The van der Waals surface area contributed by atoms with Crippen molar-refractivity contribution in [2.24, 2.45) is 0 Å². The van der Waals surface area contributed by atoms with Crippen molar-refractivity contribution in [1.29, 1.82) is 0 Å². The molecule has 0 aliphatic heterocycles. The van der Waals surface area contributed by atoms with E-state index >= 15 is 0 Å². The highest BCUT2D eigenvalue weighted by Crippen LogP contribution is 2.49. The number of benzene rings is 4. The van der Waals surface area contributed by atoms with Crippen molar-refractivity contribution in [3.63, 3.8) is 0 Å². The van der Waals surface area contributed by atoms with E-state index < -0.39 is 0 Å². The predicted molar refractivity (Wildman–Crippen MR) is 106 cm³/mol. The number of rotatable bonds is 0. The summed E-state index contributed by atoms with van der Waals surface area (Å²) >= 11 is 0. The van der Waals surface area contributed by atoms with Gasteiger partial charge in [0.1, 0.15) is 11.2 Å². The van der Waals surface area contributed by atoms with Crippen LogP contribution in [0.1, 0.15) is 0 Å². The zero-order valence-corrected chi connectivity index (χ0v) is 13.3. The molecule has 6 aromatic carbocycles. The quantitative estimate of drug-likeness (QED) is 0.291. The molecule has 0 spiro atoms. The fourth-order valence-electron chi connectivity index (χ4n) is 4.80. The molecule has 7 aromatic rings. The van der Waals surface area contributed by atoms with Gasteiger partial charge in [0.15, 0.2) is 0 Å². The maximum Gasteiger partial charge on any atom is 0.143 e.